The molecule has 3 nitrogen and oxygen atoms in total. The molecule has 0 amide bonds. The summed E-state index contributed by atoms with van der Waals surface area (Å²) in [7, 11) is 0. The number of nitrogens with zero attached hydrogens (tertiary/aromatic N) is 1. The van der Waals surface area contributed by atoms with Gasteiger partial charge in [0.05, 0.1) is 0 Å². The number of fused-ring (bicyclic) bond motifs is 1. The van der Waals surface area contributed by atoms with Gasteiger partial charge in [-0.3, -0.25) is 9.69 Å². The van der Waals surface area contributed by atoms with Crippen molar-refractivity contribution in [2.24, 2.45) is 11.8 Å². The Kier molecular flexibility index (Phi) is 3.15. The van der Waals surface area contributed by atoms with E-state index >= 15 is 0 Å². The monoisotopic (exact) mass is 280 g/mol. The maximum atomic E-state index is 11.5. The average Bonchev–Trinajstić information content (AvgIpc) is 2.72. The van der Waals surface area contributed by atoms with Gasteiger partial charge in [-0.15, -0.1) is 0 Å². The highest BCUT2D eigenvalue weighted by atomic mass is 16.1. The largest absolute Gasteiger partial charge is 0.329 e. The Labute approximate surface area is 124 Å². The Morgan fingerprint density at radius 1 is 1.14 bits per heavy atom. The van der Waals surface area contributed by atoms with Crippen LogP contribution in [0.1, 0.15) is 30.0 Å². The van der Waals surface area contributed by atoms with Crippen molar-refractivity contribution in [3.63, 3.8) is 0 Å². The first-order valence-corrected chi connectivity index (χ1v) is 7.78. The zero-order valence-electron chi connectivity index (χ0n) is 12.0. The van der Waals surface area contributed by atoms with Gasteiger partial charge in [-0.05, 0) is 41.9 Å². The minimum Gasteiger partial charge on any atom is -0.329 e. The Balaban J connectivity index is 1.62. The van der Waals surface area contributed by atoms with Gasteiger partial charge in [0.15, 0.2) is 0 Å². The number of nitrogens with one attached hydrogen (secondary N) is 1. The molecule has 3 heteroatoms. The molecule has 1 aromatic carbocycles. The molecule has 2 fully saturated rings. The summed E-state index contributed by atoms with van der Waals surface area (Å²) in [5.74, 6) is 1.64. The number of benzene rings is 1. The lowest BCUT2D eigenvalue weighted by atomic mass is 9.71. The standard InChI is InChI=1S/C18H20N2O/c21-17-10-13(8-9-19-17)11-20-12-15-6-7-16(15)18(20)14-4-2-1-3-5-14/h1-5,8-10,15-16,18H,6-7,11-12H2,(H,19,21)/t15-,16-,18-/m0/s1. The van der Waals surface area contributed by atoms with Gasteiger partial charge in [-0.25, -0.2) is 0 Å². The quantitative estimate of drug-likeness (QED) is 0.938. The predicted molar refractivity (Wildman–Crippen MR) is 82.9 cm³/mol. The van der Waals surface area contributed by atoms with Crippen LogP contribution < -0.4 is 5.56 Å². The van der Waals surface area contributed by atoms with E-state index in [-0.39, 0.29) is 5.56 Å². The molecule has 2 aliphatic rings. The Morgan fingerprint density at radius 2 is 2.00 bits per heavy atom. The van der Waals surface area contributed by atoms with Crippen molar-refractivity contribution in [3.05, 3.63) is 70.1 Å². The fourth-order valence-electron chi connectivity index (χ4n) is 4.02. The molecule has 108 valence electrons. The summed E-state index contributed by atoms with van der Waals surface area (Å²) in [5, 5.41) is 0. The summed E-state index contributed by atoms with van der Waals surface area (Å²) in [6.45, 7) is 2.04. The Hall–Kier alpha value is -1.87. The molecule has 2 aromatic rings. The van der Waals surface area contributed by atoms with Crippen molar-refractivity contribution < 1.29 is 0 Å². The summed E-state index contributed by atoms with van der Waals surface area (Å²) in [4.78, 5) is 16.7. The van der Waals surface area contributed by atoms with Crippen LogP contribution in [0, 0.1) is 11.8 Å². The minimum absolute atomic E-state index is 0.00840. The van der Waals surface area contributed by atoms with Gasteiger partial charge in [0, 0.05) is 31.4 Å². The fourth-order valence-corrected chi connectivity index (χ4v) is 4.02. The molecule has 0 bridgehead atoms. The lowest BCUT2D eigenvalue weighted by Crippen LogP contribution is -2.27. The SMILES string of the molecule is O=c1cc(CN2C[C@@H]3CC[C@@H]3[C@@H]2c2ccccc2)cc[nH]1. The molecule has 1 saturated carbocycles. The van der Waals surface area contributed by atoms with Crippen LogP contribution in [0.5, 0.6) is 0 Å². The molecular weight excluding hydrogens is 260 g/mol. The highest BCUT2D eigenvalue weighted by Crippen LogP contribution is 2.52. The molecule has 4 rings (SSSR count). The van der Waals surface area contributed by atoms with Crippen LogP contribution in [-0.4, -0.2) is 16.4 Å². The van der Waals surface area contributed by atoms with Gasteiger partial charge in [0.2, 0.25) is 5.56 Å². The van der Waals surface area contributed by atoms with E-state index in [1.54, 1.807) is 12.3 Å². The lowest BCUT2D eigenvalue weighted by molar-refractivity contribution is 0.182. The third-order valence-electron chi connectivity index (χ3n) is 5.11. The number of rotatable bonds is 3. The van der Waals surface area contributed by atoms with Crippen molar-refractivity contribution >= 4 is 0 Å². The lowest BCUT2D eigenvalue weighted by Gasteiger charge is -2.34. The molecular formula is C18H20N2O. The number of likely N-dealkylation sites (tertiary alicyclic amines) is 1. The second-order valence-electron chi connectivity index (χ2n) is 6.35. The number of hydrogen-bond acceptors (Lipinski definition) is 2. The van der Waals surface area contributed by atoms with Crippen LogP contribution in [0.3, 0.4) is 0 Å². The summed E-state index contributed by atoms with van der Waals surface area (Å²) in [6, 6.07) is 15.1. The second-order valence-corrected chi connectivity index (χ2v) is 6.35. The van der Waals surface area contributed by atoms with Gasteiger partial charge in [0.25, 0.3) is 0 Å². The third-order valence-corrected chi connectivity index (χ3v) is 5.11. The molecule has 1 aliphatic heterocycles. The van der Waals surface area contributed by atoms with Crippen LogP contribution >= 0.6 is 0 Å². The van der Waals surface area contributed by atoms with Crippen LogP contribution in [0.15, 0.2) is 53.5 Å². The molecule has 0 radical (unpaired) electrons. The summed E-state index contributed by atoms with van der Waals surface area (Å²) < 4.78 is 0. The van der Waals surface area contributed by atoms with Crippen molar-refractivity contribution in [1.29, 1.82) is 0 Å². The van der Waals surface area contributed by atoms with E-state index in [9.17, 15) is 4.79 Å². The number of hydrogen-bond donors (Lipinski definition) is 1. The van der Waals surface area contributed by atoms with Crippen LogP contribution in [0.4, 0.5) is 0 Å². The van der Waals surface area contributed by atoms with Gasteiger partial charge in [-0.1, -0.05) is 30.3 Å². The maximum absolute atomic E-state index is 11.5. The second kappa shape index (κ2) is 5.15. The molecule has 1 aliphatic carbocycles. The van der Waals surface area contributed by atoms with E-state index in [0.717, 1.165) is 30.5 Å². The zero-order chi connectivity index (χ0) is 14.2. The van der Waals surface area contributed by atoms with E-state index in [0.29, 0.717) is 6.04 Å². The first kappa shape index (κ1) is 12.8. The average molecular weight is 280 g/mol. The topological polar surface area (TPSA) is 36.1 Å². The fraction of sp³-hybridized carbons (Fsp3) is 0.389. The van der Waals surface area contributed by atoms with Crippen LogP contribution in [-0.2, 0) is 6.54 Å². The van der Waals surface area contributed by atoms with Crippen LogP contribution in [0.2, 0.25) is 0 Å². The van der Waals surface area contributed by atoms with E-state index < -0.39 is 0 Å². The van der Waals surface area contributed by atoms with E-state index in [2.05, 4.69) is 40.2 Å². The van der Waals surface area contributed by atoms with Gasteiger partial charge in [-0.2, -0.15) is 0 Å². The third kappa shape index (κ3) is 2.32. The highest BCUT2D eigenvalue weighted by molar-refractivity contribution is 5.24. The predicted octanol–water partition coefficient (Wildman–Crippen LogP) is 2.96. The number of aromatic nitrogens is 1. The molecule has 1 N–H and O–H groups in total. The van der Waals surface area contributed by atoms with Crippen LogP contribution in [0.25, 0.3) is 0 Å². The zero-order valence-corrected chi connectivity index (χ0v) is 12.0. The van der Waals surface area contributed by atoms with Crippen molar-refractivity contribution in [2.75, 3.05) is 6.54 Å². The maximum Gasteiger partial charge on any atom is 0.248 e. The van der Waals surface area contributed by atoms with Gasteiger partial charge >= 0.3 is 0 Å². The number of pyridine rings is 1. The van der Waals surface area contributed by atoms with Gasteiger partial charge < -0.3 is 4.98 Å². The number of aromatic amines is 1. The van der Waals surface area contributed by atoms with E-state index in [1.807, 2.05) is 6.07 Å². The molecule has 3 atom stereocenters. The smallest absolute Gasteiger partial charge is 0.248 e. The molecule has 2 heterocycles. The van der Waals surface area contributed by atoms with Crippen molar-refractivity contribution in [1.82, 2.24) is 9.88 Å². The normalized spacial score (nSPS) is 28.1. The molecule has 21 heavy (non-hydrogen) atoms. The van der Waals surface area contributed by atoms with Crippen molar-refractivity contribution in [3.8, 4) is 0 Å². The summed E-state index contributed by atoms with van der Waals surface area (Å²) in [6.07, 6.45) is 4.45. The van der Waals surface area contributed by atoms with E-state index in [1.165, 1.54) is 18.4 Å². The highest BCUT2D eigenvalue weighted by Gasteiger charge is 2.47. The first-order chi connectivity index (χ1) is 10.3. The number of H-pyrrole nitrogens is 1. The van der Waals surface area contributed by atoms with E-state index in [4.69, 9.17) is 0 Å². The molecule has 1 aromatic heterocycles. The molecule has 0 spiro atoms. The Bertz CT molecular complexity index is 679. The minimum atomic E-state index is -0.00840. The summed E-state index contributed by atoms with van der Waals surface area (Å²) in [5.41, 5.74) is 2.53. The molecule has 1 saturated heterocycles. The van der Waals surface area contributed by atoms with Gasteiger partial charge in [0.1, 0.15) is 0 Å². The first-order valence-electron chi connectivity index (χ1n) is 7.78. The van der Waals surface area contributed by atoms with Crippen molar-refractivity contribution in [2.45, 2.75) is 25.4 Å². The Morgan fingerprint density at radius 3 is 2.71 bits per heavy atom. The summed E-state index contributed by atoms with van der Waals surface area (Å²) >= 11 is 0. The molecule has 0 unspecified atom stereocenters.